The molecule has 0 aliphatic heterocycles. The number of aromatic nitrogens is 2. The normalized spacial score (nSPS) is 14.6. The molecule has 3 aromatic rings. The summed E-state index contributed by atoms with van der Waals surface area (Å²) in [5, 5.41) is 5.86. The van der Waals surface area contributed by atoms with Crippen LogP contribution in [0.1, 0.15) is 24.0 Å². The van der Waals surface area contributed by atoms with Gasteiger partial charge in [-0.15, -0.1) is 0 Å². The Morgan fingerprint density at radius 1 is 0.919 bits per heavy atom. The molecular weight excluding hydrogens is 574 g/mol. The topological polar surface area (TPSA) is 46.9 Å². The van der Waals surface area contributed by atoms with E-state index in [4.69, 9.17) is 34.8 Å². The summed E-state index contributed by atoms with van der Waals surface area (Å²) in [6.07, 6.45) is -8.24. The highest BCUT2D eigenvalue weighted by Crippen LogP contribution is 2.54. The van der Waals surface area contributed by atoms with E-state index in [-0.39, 0.29) is 36.2 Å². The molecule has 1 aliphatic carbocycles. The van der Waals surface area contributed by atoms with Gasteiger partial charge >= 0.3 is 18.0 Å². The molecule has 1 aliphatic rings. The Morgan fingerprint density at radius 2 is 1.51 bits per heavy atom. The monoisotopic (exact) mass is 587 g/mol. The van der Waals surface area contributed by atoms with Gasteiger partial charge in [-0.3, -0.25) is 4.79 Å². The fourth-order valence-corrected chi connectivity index (χ4v) is 4.47. The van der Waals surface area contributed by atoms with Crippen LogP contribution in [0.4, 0.5) is 30.7 Å². The van der Waals surface area contributed by atoms with Gasteiger partial charge < -0.3 is 5.32 Å². The second kappa shape index (κ2) is 9.67. The van der Waals surface area contributed by atoms with Crippen molar-refractivity contribution >= 4 is 40.7 Å². The molecule has 1 N–H and O–H groups in total. The minimum Gasteiger partial charge on any atom is -0.352 e. The van der Waals surface area contributed by atoms with Crippen LogP contribution in [0.3, 0.4) is 0 Å². The van der Waals surface area contributed by atoms with Gasteiger partial charge in [0.25, 0.3) is 0 Å². The Kier molecular flexibility index (Phi) is 7.19. The number of halogens is 10. The number of carbonyl (C=O) groups excluding carboxylic acids is 1. The standard InChI is InChI=1S/C23H15Cl3F7N3O/c24-16-4-3-12(5-13(16)8-34-20(37)11-1-2-11)14-9-35-36(10-14)19-17(25)6-15(7-18(19)26)21(27,22(28,29)30)23(31,32)33/h3-7,9-11H,1-2,8H2,(H,34,37). The molecule has 0 saturated heterocycles. The summed E-state index contributed by atoms with van der Waals surface area (Å²) in [4.78, 5) is 11.9. The number of alkyl halides is 7. The molecule has 1 saturated carbocycles. The summed E-state index contributed by atoms with van der Waals surface area (Å²) in [6, 6.07) is 5.36. The fraction of sp³-hybridized carbons (Fsp3) is 0.304. The van der Waals surface area contributed by atoms with Crippen LogP contribution in [0.15, 0.2) is 42.7 Å². The molecule has 1 fully saturated rings. The summed E-state index contributed by atoms with van der Waals surface area (Å²) >= 11 is 18.2. The van der Waals surface area contributed by atoms with Gasteiger partial charge in [0.05, 0.1) is 16.2 Å². The molecule has 1 heterocycles. The highest BCUT2D eigenvalue weighted by Gasteiger charge is 2.73. The molecule has 4 rings (SSSR count). The lowest BCUT2D eigenvalue weighted by molar-refractivity contribution is -0.348. The van der Waals surface area contributed by atoms with Crippen LogP contribution in [-0.2, 0) is 17.0 Å². The van der Waals surface area contributed by atoms with Crippen molar-refractivity contribution in [3.8, 4) is 16.8 Å². The quantitative estimate of drug-likeness (QED) is 0.299. The average molecular weight is 589 g/mol. The van der Waals surface area contributed by atoms with Crippen molar-refractivity contribution in [3.05, 3.63) is 68.9 Å². The predicted molar refractivity (Wildman–Crippen MR) is 123 cm³/mol. The lowest BCUT2D eigenvalue weighted by Gasteiger charge is -2.30. The lowest BCUT2D eigenvalue weighted by atomic mass is 9.94. The van der Waals surface area contributed by atoms with Crippen molar-refractivity contribution < 1.29 is 35.5 Å². The van der Waals surface area contributed by atoms with Crippen LogP contribution >= 0.6 is 34.8 Å². The van der Waals surface area contributed by atoms with Crippen molar-refractivity contribution in [1.29, 1.82) is 0 Å². The van der Waals surface area contributed by atoms with Crippen LogP contribution in [0.5, 0.6) is 0 Å². The van der Waals surface area contributed by atoms with E-state index in [1.165, 1.54) is 12.4 Å². The number of carbonyl (C=O) groups is 1. The third-order valence-electron chi connectivity index (χ3n) is 5.79. The van der Waals surface area contributed by atoms with Gasteiger partial charge in [-0.2, -0.15) is 31.4 Å². The van der Waals surface area contributed by atoms with Gasteiger partial charge in [0.2, 0.25) is 5.91 Å². The Morgan fingerprint density at radius 3 is 2.05 bits per heavy atom. The summed E-state index contributed by atoms with van der Waals surface area (Å²) < 4.78 is 94.3. The molecule has 0 bridgehead atoms. The van der Waals surface area contributed by atoms with Crippen LogP contribution in [0, 0.1) is 5.92 Å². The van der Waals surface area contributed by atoms with E-state index >= 15 is 0 Å². The third-order valence-corrected chi connectivity index (χ3v) is 6.73. The van der Waals surface area contributed by atoms with E-state index < -0.39 is 33.6 Å². The Bertz CT molecular complexity index is 1310. The highest BCUT2D eigenvalue weighted by atomic mass is 35.5. The summed E-state index contributed by atoms with van der Waals surface area (Å²) in [6.45, 7) is 0.179. The number of nitrogens with zero attached hydrogens (tertiary/aromatic N) is 2. The second-order valence-electron chi connectivity index (χ2n) is 8.41. The minimum atomic E-state index is -6.32. The molecular formula is C23H15Cl3F7N3O. The number of rotatable bonds is 6. The molecule has 0 spiro atoms. The smallest absolute Gasteiger partial charge is 0.352 e. The van der Waals surface area contributed by atoms with Crippen molar-refractivity contribution in [2.24, 2.45) is 5.92 Å². The first-order valence-electron chi connectivity index (χ1n) is 10.6. The number of hydrogen-bond donors (Lipinski definition) is 1. The molecule has 198 valence electrons. The molecule has 1 amide bonds. The average Bonchev–Trinajstić information content (AvgIpc) is 3.54. The maximum Gasteiger partial charge on any atom is 0.435 e. The zero-order chi connectivity index (χ0) is 27.3. The fourth-order valence-electron chi connectivity index (χ4n) is 3.63. The van der Waals surface area contributed by atoms with Gasteiger partial charge in [0.15, 0.2) is 0 Å². The van der Waals surface area contributed by atoms with Gasteiger partial charge in [-0.05, 0) is 48.2 Å². The molecule has 14 heteroatoms. The Labute approximate surface area is 220 Å². The van der Waals surface area contributed by atoms with Crippen molar-refractivity contribution in [1.82, 2.24) is 15.1 Å². The number of nitrogens with one attached hydrogen (secondary N) is 1. The van der Waals surface area contributed by atoms with E-state index in [0.29, 0.717) is 21.7 Å². The van der Waals surface area contributed by atoms with Crippen LogP contribution < -0.4 is 5.32 Å². The highest BCUT2D eigenvalue weighted by molar-refractivity contribution is 6.38. The maximum atomic E-state index is 14.5. The molecule has 1 aromatic heterocycles. The molecule has 37 heavy (non-hydrogen) atoms. The number of amides is 1. The molecule has 4 nitrogen and oxygen atoms in total. The van der Waals surface area contributed by atoms with Crippen LogP contribution in [-0.4, -0.2) is 28.0 Å². The Balaban J connectivity index is 1.66. The second-order valence-corrected chi connectivity index (χ2v) is 9.64. The minimum absolute atomic E-state index is 0.0101. The lowest BCUT2D eigenvalue weighted by Crippen LogP contribution is -2.50. The predicted octanol–water partition coefficient (Wildman–Crippen LogP) is 7.82. The van der Waals surface area contributed by atoms with E-state index in [2.05, 4.69) is 10.4 Å². The van der Waals surface area contributed by atoms with Crippen LogP contribution in [0.2, 0.25) is 15.1 Å². The summed E-state index contributed by atoms with van der Waals surface area (Å²) in [5.41, 5.74) is -6.08. The van der Waals surface area contributed by atoms with Gasteiger partial charge in [0.1, 0.15) is 5.69 Å². The first-order valence-corrected chi connectivity index (χ1v) is 11.7. The zero-order valence-corrected chi connectivity index (χ0v) is 20.6. The first-order chi connectivity index (χ1) is 17.1. The van der Waals surface area contributed by atoms with Crippen LogP contribution in [0.25, 0.3) is 16.8 Å². The van der Waals surface area contributed by atoms with E-state index in [1.54, 1.807) is 18.2 Å². The summed E-state index contributed by atoms with van der Waals surface area (Å²) in [7, 11) is 0. The largest absolute Gasteiger partial charge is 0.435 e. The third kappa shape index (κ3) is 5.26. The van der Waals surface area contributed by atoms with Gasteiger partial charge in [-0.25, -0.2) is 9.07 Å². The molecule has 0 unspecified atom stereocenters. The SMILES string of the molecule is O=C(NCc1cc(-c2cnn(-c3c(Cl)cc(C(F)(C(F)(F)F)C(F)(F)F)cc3Cl)c2)ccc1Cl)C1CC1. The maximum absolute atomic E-state index is 14.5. The first kappa shape index (κ1) is 27.5. The van der Waals surface area contributed by atoms with Gasteiger partial charge in [0, 0.05) is 34.8 Å². The number of hydrogen-bond acceptors (Lipinski definition) is 2. The van der Waals surface area contributed by atoms with Gasteiger partial charge in [-0.1, -0.05) is 40.9 Å². The molecule has 0 atom stereocenters. The number of benzene rings is 2. The molecule has 0 radical (unpaired) electrons. The zero-order valence-electron chi connectivity index (χ0n) is 18.3. The van der Waals surface area contributed by atoms with E-state index in [1.807, 2.05) is 0 Å². The molecule has 2 aromatic carbocycles. The van der Waals surface area contributed by atoms with E-state index in [0.717, 1.165) is 17.5 Å². The van der Waals surface area contributed by atoms with Crippen molar-refractivity contribution in [3.63, 3.8) is 0 Å². The summed E-state index contributed by atoms with van der Waals surface area (Å²) in [5.74, 6) is -0.0637. The van der Waals surface area contributed by atoms with Crippen molar-refractivity contribution in [2.75, 3.05) is 0 Å². The Hall–Kier alpha value is -2.50. The van der Waals surface area contributed by atoms with E-state index in [9.17, 15) is 35.5 Å². The van der Waals surface area contributed by atoms with Crippen molar-refractivity contribution in [2.45, 2.75) is 37.4 Å².